The number of halogens is 1. The predicted octanol–water partition coefficient (Wildman–Crippen LogP) is 3.60. The molecule has 0 saturated carbocycles. The number of aromatic nitrogens is 2. The van der Waals surface area contributed by atoms with Crippen molar-refractivity contribution in [3.8, 4) is 0 Å². The number of rotatable bonds is 5. The van der Waals surface area contributed by atoms with Gasteiger partial charge in [-0.1, -0.05) is 41.9 Å². The van der Waals surface area contributed by atoms with Gasteiger partial charge in [-0.25, -0.2) is 4.98 Å². The molecule has 2 rings (SSSR count). The Kier molecular flexibility index (Phi) is 4.40. The van der Waals surface area contributed by atoms with Gasteiger partial charge in [-0.15, -0.1) is 0 Å². The van der Waals surface area contributed by atoms with Crippen LogP contribution >= 0.6 is 15.9 Å². The quantitative estimate of drug-likeness (QED) is 0.788. The van der Waals surface area contributed by atoms with E-state index in [0.717, 1.165) is 35.7 Å². The summed E-state index contributed by atoms with van der Waals surface area (Å²) in [4.78, 5) is 16.3. The molecule has 1 heterocycles. The third-order valence-corrected chi connectivity index (χ3v) is 5.22. The zero-order valence-corrected chi connectivity index (χ0v) is 13.0. The summed E-state index contributed by atoms with van der Waals surface area (Å²) in [6.45, 7) is 5.09. The largest absolute Gasteiger partial charge is 0.305 e. The minimum Gasteiger partial charge on any atom is -0.305 e. The van der Waals surface area contributed by atoms with Gasteiger partial charge < -0.3 is 4.57 Å². The molecule has 0 radical (unpaired) electrons. The fourth-order valence-corrected chi connectivity index (χ4v) is 3.29. The first kappa shape index (κ1) is 14.3. The second kappa shape index (κ2) is 5.87. The number of hydrogen-bond donors (Lipinski definition) is 0. The molecular weight excluding hydrogens is 304 g/mol. The zero-order valence-electron chi connectivity index (χ0n) is 11.4. The van der Waals surface area contributed by atoms with Gasteiger partial charge in [0, 0.05) is 11.9 Å². The summed E-state index contributed by atoms with van der Waals surface area (Å²) in [6, 6.07) is 7.81. The standard InChI is InChI=1S/C15H19BrN2O/c1-3-15(4-2,10-16)11-18-13-8-6-5-7-12(13)17-9-14(18)19/h5-9H,3-4,10-11H2,1-2H3. The minimum atomic E-state index is -0.0223. The molecule has 2 aromatic rings. The number of fused-ring (bicyclic) bond motifs is 1. The summed E-state index contributed by atoms with van der Waals surface area (Å²) in [7, 11) is 0. The Morgan fingerprint density at radius 1 is 1.26 bits per heavy atom. The van der Waals surface area contributed by atoms with Gasteiger partial charge in [0.05, 0.1) is 17.2 Å². The highest BCUT2D eigenvalue weighted by Gasteiger charge is 2.26. The van der Waals surface area contributed by atoms with Crippen LogP contribution in [0.3, 0.4) is 0 Å². The number of nitrogens with zero attached hydrogens (tertiary/aromatic N) is 2. The molecule has 0 N–H and O–H groups in total. The third-order valence-electron chi connectivity index (χ3n) is 4.03. The Hall–Kier alpha value is -1.16. The van der Waals surface area contributed by atoms with Crippen LogP contribution in [-0.4, -0.2) is 14.9 Å². The van der Waals surface area contributed by atoms with E-state index in [2.05, 4.69) is 34.8 Å². The first-order valence-electron chi connectivity index (χ1n) is 6.66. The summed E-state index contributed by atoms with van der Waals surface area (Å²) < 4.78 is 1.86. The third kappa shape index (κ3) is 2.73. The van der Waals surface area contributed by atoms with Gasteiger partial charge in [0.2, 0.25) is 0 Å². The van der Waals surface area contributed by atoms with Crippen molar-refractivity contribution in [2.24, 2.45) is 5.41 Å². The molecule has 1 aromatic carbocycles. The molecule has 0 unspecified atom stereocenters. The number of hydrogen-bond acceptors (Lipinski definition) is 2. The van der Waals surface area contributed by atoms with E-state index >= 15 is 0 Å². The van der Waals surface area contributed by atoms with Crippen LogP contribution in [0.2, 0.25) is 0 Å². The molecule has 0 saturated heterocycles. The van der Waals surface area contributed by atoms with E-state index in [1.165, 1.54) is 6.20 Å². The van der Waals surface area contributed by atoms with Crippen LogP contribution in [0.25, 0.3) is 11.0 Å². The molecule has 0 atom stereocenters. The first-order valence-corrected chi connectivity index (χ1v) is 7.78. The topological polar surface area (TPSA) is 34.9 Å². The van der Waals surface area contributed by atoms with Crippen molar-refractivity contribution in [2.75, 3.05) is 5.33 Å². The lowest BCUT2D eigenvalue weighted by atomic mass is 9.84. The van der Waals surface area contributed by atoms with Gasteiger partial charge in [0.15, 0.2) is 0 Å². The summed E-state index contributed by atoms with van der Waals surface area (Å²) in [5, 5.41) is 0.899. The SMILES string of the molecule is CCC(CC)(CBr)Cn1c(=O)cnc2ccccc21. The van der Waals surface area contributed by atoms with Gasteiger partial charge in [0.25, 0.3) is 5.56 Å². The van der Waals surface area contributed by atoms with Crippen molar-refractivity contribution in [1.82, 2.24) is 9.55 Å². The van der Waals surface area contributed by atoms with Gasteiger partial charge in [-0.3, -0.25) is 4.79 Å². The van der Waals surface area contributed by atoms with Crippen LogP contribution in [0, 0.1) is 5.41 Å². The number of para-hydroxylation sites is 2. The van der Waals surface area contributed by atoms with Crippen molar-refractivity contribution in [1.29, 1.82) is 0 Å². The van der Waals surface area contributed by atoms with Crippen LogP contribution in [0.1, 0.15) is 26.7 Å². The van der Waals surface area contributed by atoms with Crippen LogP contribution < -0.4 is 5.56 Å². The first-order chi connectivity index (χ1) is 9.15. The Balaban J connectivity index is 2.56. The summed E-state index contributed by atoms with van der Waals surface area (Å²) in [5.74, 6) is 0. The molecule has 1 aromatic heterocycles. The van der Waals surface area contributed by atoms with Crippen LogP contribution in [0.4, 0.5) is 0 Å². The lowest BCUT2D eigenvalue weighted by molar-refractivity contribution is 0.260. The highest BCUT2D eigenvalue weighted by atomic mass is 79.9. The molecule has 0 spiro atoms. The summed E-state index contributed by atoms with van der Waals surface area (Å²) >= 11 is 3.61. The van der Waals surface area contributed by atoms with Crippen LogP contribution in [0.15, 0.2) is 35.3 Å². The monoisotopic (exact) mass is 322 g/mol. The van der Waals surface area contributed by atoms with Crippen molar-refractivity contribution in [3.05, 3.63) is 40.8 Å². The van der Waals surface area contributed by atoms with Crippen molar-refractivity contribution >= 4 is 27.0 Å². The molecule has 0 fully saturated rings. The zero-order chi connectivity index (χ0) is 13.9. The average molecular weight is 323 g/mol. The molecule has 4 heteroatoms. The van der Waals surface area contributed by atoms with Gasteiger partial charge in [-0.2, -0.15) is 0 Å². The highest BCUT2D eigenvalue weighted by molar-refractivity contribution is 9.09. The summed E-state index contributed by atoms with van der Waals surface area (Å²) in [6.07, 6.45) is 3.50. The highest BCUT2D eigenvalue weighted by Crippen LogP contribution is 2.31. The lowest BCUT2D eigenvalue weighted by Crippen LogP contribution is -2.33. The van der Waals surface area contributed by atoms with E-state index in [4.69, 9.17) is 0 Å². The molecule has 0 aliphatic carbocycles. The second-order valence-corrected chi connectivity index (χ2v) is 5.57. The van der Waals surface area contributed by atoms with Crippen molar-refractivity contribution in [3.63, 3.8) is 0 Å². The Bertz CT molecular complexity index is 609. The van der Waals surface area contributed by atoms with Gasteiger partial charge >= 0.3 is 0 Å². The van der Waals surface area contributed by atoms with Gasteiger partial charge in [0.1, 0.15) is 0 Å². The van der Waals surface area contributed by atoms with E-state index in [-0.39, 0.29) is 11.0 Å². The Morgan fingerprint density at radius 2 is 1.95 bits per heavy atom. The lowest BCUT2D eigenvalue weighted by Gasteiger charge is -2.30. The van der Waals surface area contributed by atoms with E-state index in [1.54, 1.807) is 0 Å². The summed E-state index contributed by atoms with van der Waals surface area (Å²) in [5.41, 5.74) is 1.89. The minimum absolute atomic E-state index is 0.0223. The fourth-order valence-electron chi connectivity index (χ4n) is 2.32. The maximum Gasteiger partial charge on any atom is 0.269 e. The van der Waals surface area contributed by atoms with E-state index in [9.17, 15) is 4.79 Å². The van der Waals surface area contributed by atoms with E-state index in [1.807, 2.05) is 28.8 Å². The molecule has 0 aliphatic rings. The molecule has 3 nitrogen and oxygen atoms in total. The maximum absolute atomic E-state index is 12.1. The number of benzene rings is 1. The molecule has 19 heavy (non-hydrogen) atoms. The van der Waals surface area contributed by atoms with Gasteiger partial charge in [-0.05, 0) is 30.4 Å². The Morgan fingerprint density at radius 3 is 2.58 bits per heavy atom. The predicted molar refractivity (Wildman–Crippen MR) is 82.8 cm³/mol. The second-order valence-electron chi connectivity index (χ2n) is 5.01. The average Bonchev–Trinajstić information content (AvgIpc) is 2.47. The maximum atomic E-state index is 12.1. The van der Waals surface area contributed by atoms with Crippen molar-refractivity contribution < 1.29 is 0 Å². The normalized spacial score (nSPS) is 11.9. The van der Waals surface area contributed by atoms with E-state index in [0.29, 0.717) is 0 Å². The molecule has 0 aliphatic heterocycles. The molecule has 0 bridgehead atoms. The van der Waals surface area contributed by atoms with Crippen molar-refractivity contribution in [2.45, 2.75) is 33.2 Å². The van der Waals surface area contributed by atoms with E-state index < -0.39 is 0 Å². The van der Waals surface area contributed by atoms with Crippen LogP contribution in [-0.2, 0) is 6.54 Å². The van der Waals surface area contributed by atoms with Crippen LogP contribution in [0.5, 0.6) is 0 Å². The molecular formula is C15H19BrN2O. The smallest absolute Gasteiger partial charge is 0.269 e. The molecule has 102 valence electrons. The molecule has 0 amide bonds. The Labute approximate surface area is 121 Å². The number of alkyl halides is 1. The fraction of sp³-hybridized carbons (Fsp3) is 0.467.